The number of hydrogen-bond acceptors (Lipinski definition) is 3. The number of anilines is 2. The van der Waals surface area contributed by atoms with Gasteiger partial charge in [-0.3, -0.25) is 0 Å². The summed E-state index contributed by atoms with van der Waals surface area (Å²) in [6, 6.07) is 10.8. The molecule has 0 aromatic heterocycles. The molecule has 0 amide bonds. The summed E-state index contributed by atoms with van der Waals surface area (Å²) in [5, 5.41) is 3.01. The summed E-state index contributed by atoms with van der Waals surface area (Å²) < 4.78 is 43.0. The number of aryl methyl sites for hydroxylation is 1. The van der Waals surface area contributed by atoms with Crippen molar-refractivity contribution in [2.24, 2.45) is 0 Å². The van der Waals surface area contributed by atoms with Crippen LogP contribution < -0.4 is 15.8 Å². The minimum atomic E-state index is -4.32. The molecule has 2 rings (SSSR count). The molecule has 0 heterocycles. The zero-order chi connectivity index (χ0) is 16.9. The van der Waals surface area contributed by atoms with E-state index in [1.165, 1.54) is 6.07 Å². The predicted molar refractivity (Wildman–Crippen MR) is 85.7 cm³/mol. The van der Waals surface area contributed by atoms with Gasteiger partial charge in [-0.25, -0.2) is 0 Å². The number of nitrogens with two attached hydrogens (primary N) is 1. The maximum absolute atomic E-state index is 12.6. The third-order valence-corrected chi connectivity index (χ3v) is 3.46. The van der Waals surface area contributed by atoms with Crippen LogP contribution >= 0.6 is 0 Å². The Morgan fingerprint density at radius 2 is 1.91 bits per heavy atom. The molecule has 0 radical (unpaired) electrons. The Balaban J connectivity index is 1.85. The number of benzene rings is 2. The summed E-state index contributed by atoms with van der Waals surface area (Å²) >= 11 is 0. The van der Waals surface area contributed by atoms with Gasteiger partial charge in [0.2, 0.25) is 0 Å². The van der Waals surface area contributed by atoms with Gasteiger partial charge in [-0.1, -0.05) is 12.1 Å². The second-order valence-electron chi connectivity index (χ2n) is 5.19. The van der Waals surface area contributed by atoms with Gasteiger partial charge in [-0.05, 0) is 48.7 Å². The molecule has 0 saturated carbocycles. The molecule has 0 atom stereocenters. The third-order valence-electron chi connectivity index (χ3n) is 3.46. The van der Waals surface area contributed by atoms with E-state index in [9.17, 15) is 13.2 Å². The van der Waals surface area contributed by atoms with Crippen LogP contribution in [0.15, 0.2) is 42.5 Å². The van der Waals surface area contributed by atoms with Crippen molar-refractivity contribution in [3.8, 4) is 5.75 Å². The lowest BCUT2D eigenvalue weighted by Gasteiger charge is -2.11. The molecule has 6 heteroatoms. The highest BCUT2D eigenvalue weighted by atomic mass is 19.4. The highest BCUT2D eigenvalue weighted by Crippen LogP contribution is 2.30. The van der Waals surface area contributed by atoms with Gasteiger partial charge in [-0.2, -0.15) is 13.2 Å². The summed E-state index contributed by atoms with van der Waals surface area (Å²) in [5.41, 5.74) is 7.30. The molecular weight excluding hydrogens is 305 g/mol. The Hall–Kier alpha value is -2.37. The Bertz CT molecular complexity index is 657. The minimum absolute atomic E-state index is 0.467. The molecule has 0 aliphatic heterocycles. The molecule has 3 nitrogen and oxygen atoms in total. The molecule has 0 unspecified atom stereocenters. The van der Waals surface area contributed by atoms with E-state index in [1.54, 1.807) is 13.2 Å². The Morgan fingerprint density at radius 3 is 2.57 bits per heavy atom. The molecule has 0 spiro atoms. The summed E-state index contributed by atoms with van der Waals surface area (Å²) in [5.74, 6) is 0.635. The summed E-state index contributed by atoms with van der Waals surface area (Å²) in [6.07, 6.45) is -2.76. The zero-order valence-electron chi connectivity index (χ0n) is 12.8. The first-order chi connectivity index (χ1) is 10.9. The number of alkyl halides is 3. The average Bonchev–Trinajstić information content (AvgIpc) is 2.51. The first kappa shape index (κ1) is 17.0. The van der Waals surface area contributed by atoms with E-state index in [-0.39, 0.29) is 0 Å². The third kappa shape index (κ3) is 4.81. The SMILES string of the molecule is COc1ccc(CCCNc2cccc(C(F)(F)F)c2)cc1N. The van der Waals surface area contributed by atoms with E-state index in [2.05, 4.69) is 5.32 Å². The van der Waals surface area contributed by atoms with E-state index >= 15 is 0 Å². The van der Waals surface area contributed by atoms with Crippen LogP contribution in [-0.2, 0) is 12.6 Å². The number of nitrogen functional groups attached to an aromatic ring is 1. The first-order valence-corrected chi connectivity index (χ1v) is 7.23. The van der Waals surface area contributed by atoms with E-state index in [0.717, 1.165) is 30.5 Å². The van der Waals surface area contributed by atoms with E-state index < -0.39 is 11.7 Å². The standard InChI is InChI=1S/C17H19F3N2O/c1-23-16-8-7-12(10-15(16)21)4-3-9-22-14-6-2-5-13(11-14)17(18,19)20/h2,5-8,10-11,22H,3-4,9,21H2,1H3. The van der Waals surface area contributed by atoms with Crippen molar-refractivity contribution in [2.75, 3.05) is 24.7 Å². The molecule has 2 aromatic rings. The van der Waals surface area contributed by atoms with Crippen molar-refractivity contribution in [2.45, 2.75) is 19.0 Å². The van der Waals surface area contributed by atoms with Gasteiger partial charge in [0.1, 0.15) is 5.75 Å². The van der Waals surface area contributed by atoms with Gasteiger partial charge < -0.3 is 15.8 Å². The average molecular weight is 324 g/mol. The van der Waals surface area contributed by atoms with Crippen molar-refractivity contribution < 1.29 is 17.9 Å². The normalized spacial score (nSPS) is 11.3. The highest BCUT2D eigenvalue weighted by Gasteiger charge is 2.30. The molecule has 3 N–H and O–H groups in total. The van der Waals surface area contributed by atoms with Crippen LogP contribution in [0.25, 0.3) is 0 Å². The Morgan fingerprint density at radius 1 is 1.13 bits per heavy atom. The van der Waals surface area contributed by atoms with Crippen LogP contribution in [0.4, 0.5) is 24.5 Å². The molecule has 0 aliphatic carbocycles. The Labute approximate surface area is 133 Å². The number of nitrogens with one attached hydrogen (secondary N) is 1. The van der Waals surface area contributed by atoms with Gasteiger partial charge in [0.05, 0.1) is 18.4 Å². The van der Waals surface area contributed by atoms with E-state index in [0.29, 0.717) is 23.7 Å². The fourth-order valence-corrected chi connectivity index (χ4v) is 2.27. The number of hydrogen-bond donors (Lipinski definition) is 2. The lowest BCUT2D eigenvalue weighted by Crippen LogP contribution is -2.07. The lowest BCUT2D eigenvalue weighted by atomic mass is 10.1. The predicted octanol–water partition coefficient (Wildman–Crippen LogP) is 4.34. The molecule has 124 valence electrons. The summed E-state index contributed by atoms with van der Waals surface area (Å²) in [6.45, 7) is 0.577. The molecule has 0 fully saturated rings. The summed E-state index contributed by atoms with van der Waals surface area (Å²) in [7, 11) is 1.56. The number of rotatable bonds is 6. The highest BCUT2D eigenvalue weighted by molar-refractivity contribution is 5.54. The van der Waals surface area contributed by atoms with Crippen molar-refractivity contribution in [1.82, 2.24) is 0 Å². The number of ether oxygens (including phenoxy) is 1. The summed E-state index contributed by atoms with van der Waals surface area (Å²) in [4.78, 5) is 0. The van der Waals surface area contributed by atoms with Crippen molar-refractivity contribution in [3.05, 3.63) is 53.6 Å². The van der Waals surface area contributed by atoms with Crippen molar-refractivity contribution >= 4 is 11.4 Å². The molecule has 0 aliphatic rings. The monoisotopic (exact) mass is 324 g/mol. The van der Waals surface area contributed by atoms with Gasteiger partial charge in [0.25, 0.3) is 0 Å². The van der Waals surface area contributed by atoms with E-state index in [1.807, 2.05) is 18.2 Å². The van der Waals surface area contributed by atoms with Crippen LogP contribution in [0.5, 0.6) is 5.75 Å². The fourth-order valence-electron chi connectivity index (χ4n) is 2.27. The van der Waals surface area contributed by atoms with Crippen LogP contribution in [0.2, 0.25) is 0 Å². The fraction of sp³-hybridized carbons (Fsp3) is 0.294. The molecule has 2 aromatic carbocycles. The van der Waals surface area contributed by atoms with Gasteiger partial charge in [0, 0.05) is 12.2 Å². The number of halogens is 3. The zero-order valence-corrected chi connectivity index (χ0v) is 12.8. The smallest absolute Gasteiger partial charge is 0.416 e. The molecule has 0 saturated heterocycles. The maximum atomic E-state index is 12.6. The number of methoxy groups -OCH3 is 1. The quantitative estimate of drug-likeness (QED) is 0.614. The second-order valence-corrected chi connectivity index (χ2v) is 5.19. The molecule has 23 heavy (non-hydrogen) atoms. The minimum Gasteiger partial charge on any atom is -0.495 e. The van der Waals surface area contributed by atoms with Crippen LogP contribution in [-0.4, -0.2) is 13.7 Å². The Kier molecular flexibility index (Phi) is 5.36. The first-order valence-electron chi connectivity index (χ1n) is 7.23. The van der Waals surface area contributed by atoms with E-state index in [4.69, 9.17) is 10.5 Å². The van der Waals surface area contributed by atoms with Gasteiger partial charge >= 0.3 is 6.18 Å². The maximum Gasteiger partial charge on any atom is 0.416 e. The molecular formula is C17H19F3N2O. The van der Waals surface area contributed by atoms with Crippen LogP contribution in [0, 0.1) is 0 Å². The van der Waals surface area contributed by atoms with Crippen molar-refractivity contribution in [3.63, 3.8) is 0 Å². The second kappa shape index (κ2) is 7.26. The van der Waals surface area contributed by atoms with Crippen LogP contribution in [0.1, 0.15) is 17.5 Å². The lowest BCUT2D eigenvalue weighted by molar-refractivity contribution is -0.137. The van der Waals surface area contributed by atoms with Crippen molar-refractivity contribution in [1.29, 1.82) is 0 Å². The largest absolute Gasteiger partial charge is 0.495 e. The van der Waals surface area contributed by atoms with Gasteiger partial charge in [-0.15, -0.1) is 0 Å². The van der Waals surface area contributed by atoms with Gasteiger partial charge in [0.15, 0.2) is 0 Å². The molecule has 0 bridgehead atoms. The van der Waals surface area contributed by atoms with Crippen LogP contribution in [0.3, 0.4) is 0 Å². The topological polar surface area (TPSA) is 47.3 Å².